The van der Waals surface area contributed by atoms with Crippen molar-refractivity contribution in [2.24, 2.45) is 0 Å². The molecule has 0 aliphatic rings. The van der Waals surface area contributed by atoms with E-state index in [0.29, 0.717) is 11.8 Å². The Morgan fingerprint density at radius 2 is 0.892 bits per heavy atom. The van der Waals surface area contributed by atoms with Crippen LogP contribution in [0.4, 0.5) is 0 Å². The summed E-state index contributed by atoms with van der Waals surface area (Å²) < 4.78 is 0. The molecule has 0 heterocycles. The minimum Gasteiger partial charge on any atom is -0.870 e. The number of rotatable bonds is 12. The molecule has 0 atom stereocenters. The van der Waals surface area contributed by atoms with Crippen LogP contribution < -0.4 is 69.7 Å². The predicted octanol–water partition coefficient (Wildman–Crippen LogP) is 1.06. The second-order valence-corrected chi connectivity index (χ2v) is 10.1. The maximum Gasteiger partial charge on any atom is 1.00 e. The Labute approximate surface area is 298 Å². The first kappa shape index (κ1) is 45.3. The van der Waals surface area contributed by atoms with Crippen molar-refractivity contribution in [1.29, 1.82) is 0 Å². The van der Waals surface area contributed by atoms with Gasteiger partial charge in [0.1, 0.15) is 0 Å². The number of halogens is 3. The van der Waals surface area contributed by atoms with E-state index in [-0.39, 0.29) is 77.0 Å². The van der Waals surface area contributed by atoms with Crippen LogP contribution in [0.1, 0.15) is 0 Å². The van der Waals surface area contributed by atoms with Crippen molar-refractivity contribution in [3.63, 3.8) is 0 Å². The summed E-state index contributed by atoms with van der Waals surface area (Å²) in [5.74, 6) is 3.58. The summed E-state index contributed by atoms with van der Waals surface area (Å²) in [5.41, 5.74) is 0. The average Bonchev–Trinajstić information content (AvgIpc) is 2.86. The van der Waals surface area contributed by atoms with Crippen molar-refractivity contribution in [1.82, 2.24) is 10.6 Å². The molecule has 11 heteroatoms. The molecule has 0 fully saturated rings. The van der Waals surface area contributed by atoms with Gasteiger partial charge in [0.05, 0.1) is 0 Å². The number of nitrogens with one attached hydrogen (secondary N) is 2. The molecule has 3 aromatic rings. The zero-order valence-corrected chi connectivity index (χ0v) is 30.4. The monoisotopic (exact) mass is 638 g/mol. The van der Waals surface area contributed by atoms with E-state index in [1.165, 1.54) is 9.79 Å². The molecule has 0 saturated heterocycles. The fourth-order valence-corrected chi connectivity index (χ4v) is 4.41. The molecule has 0 aromatic heterocycles. The molecule has 196 valence electrons. The third-order valence-electron chi connectivity index (χ3n) is 3.87. The van der Waals surface area contributed by atoms with E-state index >= 15 is 0 Å². The standard InChI is InChI=1S/C16H19NS2.C6H6S.C4H9Cl2N.ClH.2Na.H2O/c1-3-7-15(8-4-1)18-13-11-17-12-14-19-16-9-5-2-6-10-16;7-6-4-2-1-3-5-6;5-1-3-7-4-2-6;;;;/h1-10,17H,11-14H2;1-5,7H;7H,1-4H2;1H;;;1H2/q;;;;2*+1;/p-2. The van der Waals surface area contributed by atoms with Gasteiger partial charge < -0.3 is 28.7 Å². The number of hydrogen-bond acceptors (Lipinski definition) is 6. The first-order chi connectivity index (χ1) is 16.3. The Balaban J connectivity index is -0.000000255. The Morgan fingerprint density at radius 1 is 0.568 bits per heavy atom. The predicted molar refractivity (Wildman–Crippen MR) is 163 cm³/mol. The van der Waals surface area contributed by atoms with E-state index in [1.54, 1.807) is 0 Å². The van der Waals surface area contributed by atoms with Crippen molar-refractivity contribution < 1.29 is 64.6 Å². The Hall–Kier alpha value is 1.33. The van der Waals surface area contributed by atoms with E-state index in [9.17, 15) is 0 Å². The molecule has 3 nitrogen and oxygen atoms in total. The first-order valence-electron chi connectivity index (χ1n) is 10.9. The maximum atomic E-state index is 5.33. The van der Waals surface area contributed by atoms with Gasteiger partial charge in [-0.15, -0.1) is 59.1 Å². The van der Waals surface area contributed by atoms with Crippen molar-refractivity contribution in [3.05, 3.63) is 91.0 Å². The van der Waals surface area contributed by atoms with Gasteiger partial charge in [0.15, 0.2) is 0 Å². The van der Waals surface area contributed by atoms with E-state index in [0.717, 1.165) is 42.6 Å². The normalized spacial score (nSPS) is 8.81. The van der Waals surface area contributed by atoms with Crippen molar-refractivity contribution in [3.8, 4) is 0 Å². The Bertz CT molecular complexity index is 755. The van der Waals surface area contributed by atoms with E-state index < -0.39 is 0 Å². The van der Waals surface area contributed by atoms with Crippen LogP contribution in [0, 0.1) is 0 Å². The largest absolute Gasteiger partial charge is 1.00 e. The molecule has 0 aliphatic carbocycles. The first-order valence-corrected chi connectivity index (χ1v) is 14.3. The number of benzene rings is 3. The molecular weight excluding hydrogens is 605 g/mol. The molecular formula is C26H35Cl3N2Na2OS3. The van der Waals surface area contributed by atoms with Gasteiger partial charge in [0.25, 0.3) is 0 Å². The van der Waals surface area contributed by atoms with Crippen LogP contribution >= 0.6 is 59.1 Å². The topological polar surface area (TPSA) is 54.1 Å². The molecule has 0 radical (unpaired) electrons. The molecule has 0 aliphatic heterocycles. The molecule has 3 aromatic carbocycles. The van der Waals surface area contributed by atoms with Crippen LogP contribution in [0.25, 0.3) is 0 Å². The van der Waals surface area contributed by atoms with Crippen molar-refractivity contribution in [2.45, 2.75) is 14.7 Å². The van der Waals surface area contributed by atoms with Gasteiger partial charge in [-0.25, -0.2) is 0 Å². The van der Waals surface area contributed by atoms with E-state index in [1.807, 2.05) is 53.9 Å². The Kier molecular flexibility index (Phi) is 43.3. The van der Waals surface area contributed by atoms with Gasteiger partial charge in [-0.05, 0) is 24.3 Å². The van der Waals surface area contributed by atoms with Gasteiger partial charge in [0.2, 0.25) is 0 Å². The summed E-state index contributed by atoms with van der Waals surface area (Å²) >= 11 is 19.3. The van der Waals surface area contributed by atoms with Crippen LogP contribution in [0.2, 0.25) is 0 Å². The van der Waals surface area contributed by atoms with Gasteiger partial charge in [-0.2, -0.15) is 4.90 Å². The molecule has 0 bridgehead atoms. The van der Waals surface area contributed by atoms with Crippen LogP contribution in [-0.4, -0.2) is 54.9 Å². The second-order valence-electron chi connectivity index (χ2n) is 6.51. The SMILES string of the molecule is Cl.ClCCNCCCl.[Na+].[Na+].[OH-].[S-]c1ccccc1.c1ccc(SCCNCCSc2ccccc2)cc1. The maximum absolute atomic E-state index is 5.33. The molecule has 0 spiro atoms. The van der Waals surface area contributed by atoms with Gasteiger partial charge in [-0.3, -0.25) is 0 Å². The summed E-state index contributed by atoms with van der Waals surface area (Å²) in [6.07, 6.45) is 0. The minimum absolute atomic E-state index is 0. The summed E-state index contributed by atoms with van der Waals surface area (Å²) in [6, 6.07) is 30.7. The molecule has 0 amide bonds. The van der Waals surface area contributed by atoms with E-state index in [4.69, 9.17) is 35.8 Å². The van der Waals surface area contributed by atoms with Crippen molar-refractivity contribution >= 4 is 71.8 Å². The fraction of sp³-hybridized carbons (Fsp3) is 0.308. The quantitative estimate of drug-likeness (QED) is 0.102. The molecule has 0 saturated carbocycles. The number of hydrogen-bond donors (Lipinski definition) is 2. The molecule has 3 N–H and O–H groups in total. The number of alkyl halides is 2. The third-order valence-corrected chi connectivity index (χ3v) is 6.54. The molecule has 3 rings (SSSR count). The Morgan fingerprint density at radius 3 is 1.19 bits per heavy atom. The zero-order valence-electron chi connectivity index (χ0n) is 21.7. The minimum atomic E-state index is 0. The number of thioether (sulfide) groups is 2. The second kappa shape index (κ2) is 35.4. The van der Waals surface area contributed by atoms with Crippen molar-refractivity contribution in [2.75, 3.05) is 49.4 Å². The van der Waals surface area contributed by atoms with Crippen LogP contribution in [0.15, 0.2) is 106 Å². The van der Waals surface area contributed by atoms with E-state index in [2.05, 4.69) is 71.3 Å². The van der Waals surface area contributed by atoms with Crippen LogP contribution in [-0.2, 0) is 12.6 Å². The van der Waals surface area contributed by atoms with Gasteiger partial charge in [-0.1, -0.05) is 66.7 Å². The summed E-state index contributed by atoms with van der Waals surface area (Å²) in [5, 5.41) is 6.51. The summed E-state index contributed by atoms with van der Waals surface area (Å²) in [7, 11) is 0. The third kappa shape index (κ3) is 30.1. The average molecular weight is 640 g/mol. The molecule has 37 heavy (non-hydrogen) atoms. The fourth-order valence-electron chi connectivity index (χ4n) is 2.32. The smallest absolute Gasteiger partial charge is 0.870 e. The molecule has 0 unspecified atom stereocenters. The van der Waals surface area contributed by atoms with Crippen LogP contribution in [0.3, 0.4) is 0 Å². The van der Waals surface area contributed by atoms with Gasteiger partial charge in [0, 0.05) is 59.2 Å². The van der Waals surface area contributed by atoms with Crippen LogP contribution in [0.5, 0.6) is 0 Å². The summed E-state index contributed by atoms with van der Waals surface area (Å²) in [6.45, 7) is 3.84. The summed E-state index contributed by atoms with van der Waals surface area (Å²) in [4.78, 5) is 3.61. The van der Waals surface area contributed by atoms with Gasteiger partial charge >= 0.3 is 59.1 Å². The zero-order chi connectivity index (χ0) is 23.8.